The molecule has 0 spiro atoms. The number of ether oxygens (including phenoxy) is 1. The minimum Gasteiger partial charge on any atom is -0.478 e. The summed E-state index contributed by atoms with van der Waals surface area (Å²) >= 11 is 0. The smallest absolute Gasteiger partial charge is 0.335 e. The van der Waals surface area contributed by atoms with E-state index in [1.54, 1.807) is 19.2 Å². The number of benzene rings is 2. The number of carboxylic acid groups (broad SMARTS) is 1. The Morgan fingerprint density at radius 2 is 1.77 bits per heavy atom. The van der Waals surface area contributed by atoms with Gasteiger partial charge in [0.2, 0.25) is 5.43 Å². The van der Waals surface area contributed by atoms with E-state index in [-0.39, 0.29) is 22.5 Å². The van der Waals surface area contributed by atoms with E-state index in [2.05, 4.69) is 0 Å². The highest BCUT2D eigenvalue weighted by atomic mass is 16.5. The first-order valence-corrected chi connectivity index (χ1v) is 6.78. The molecular formula is C17H14O5. The van der Waals surface area contributed by atoms with Crippen LogP contribution in [-0.2, 0) is 4.74 Å². The van der Waals surface area contributed by atoms with Gasteiger partial charge in [-0.1, -0.05) is 6.07 Å². The average molecular weight is 298 g/mol. The van der Waals surface area contributed by atoms with Gasteiger partial charge in [0.05, 0.1) is 22.4 Å². The summed E-state index contributed by atoms with van der Waals surface area (Å²) < 4.78 is 10.9. The van der Waals surface area contributed by atoms with Crippen molar-refractivity contribution >= 4 is 27.9 Å². The summed E-state index contributed by atoms with van der Waals surface area (Å²) in [4.78, 5) is 23.7. The fourth-order valence-electron chi connectivity index (χ4n) is 2.40. The molecule has 3 rings (SSSR count). The zero-order chi connectivity index (χ0) is 15.9. The van der Waals surface area contributed by atoms with E-state index >= 15 is 0 Å². The fourth-order valence-corrected chi connectivity index (χ4v) is 2.40. The molecule has 1 aromatic heterocycles. The van der Waals surface area contributed by atoms with Gasteiger partial charge in [-0.3, -0.25) is 4.79 Å². The lowest BCUT2D eigenvalue weighted by atomic mass is 10.0. The Bertz CT molecular complexity index is 939. The quantitative estimate of drug-likeness (QED) is 0.750. The Morgan fingerprint density at radius 3 is 2.41 bits per heavy atom. The van der Waals surface area contributed by atoms with E-state index < -0.39 is 5.97 Å². The van der Waals surface area contributed by atoms with Crippen LogP contribution >= 0.6 is 0 Å². The van der Waals surface area contributed by atoms with Crippen LogP contribution < -0.4 is 5.43 Å². The maximum Gasteiger partial charge on any atom is 0.335 e. The molecule has 1 heterocycles. The Balaban J connectivity index is 2.33. The maximum atomic E-state index is 12.6. The van der Waals surface area contributed by atoms with Gasteiger partial charge in [-0.15, -0.1) is 0 Å². The van der Waals surface area contributed by atoms with Gasteiger partial charge >= 0.3 is 5.97 Å². The Kier molecular flexibility index (Phi) is 3.42. The molecule has 0 radical (unpaired) electrons. The lowest BCUT2D eigenvalue weighted by Gasteiger charge is -2.10. The van der Waals surface area contributed by atoms with Crippen LogP contribution in [0.25, 0.3) is 21.9 Å². The minimum atomic E-state index is -1.08. The van der Waals surface area contributed by atoms with Gasteiger partial charge in [-0.2, -0.15) is 0 Å². The van der Waals surface area contributed by atoms with Gasteiger partial charge in [0.1, 0.15) is 11.2 Å². The molecule has 0 aliphatic heterocycles. The summed E-state index contributed by atoms with van der Waals surface area (Å²) in [6, 6.07) is 9.56. The van der Waals surface area contributed by atoms with Gasteiger partial charge in [0.25, 0.3) is 0 Å². The molecule has 0 unspecified atom stereocenters. The highest BCUT2D eigenvalue weighted by Gasteiger charge is 2.13. The van der Waals surface area contributed by atoms with E-state index in [0.29, 0.717) is 16.6 Å². The molecule has 112 valence electrons. The molecule has 1 atom stereocenters. The summed E-state index contributed by atoms with van der Waals surface area (Å²) in [5.41, 5.74) is 1.50. The molecule has 0 fully saturated rings. The van der Waals surface area contributed by atoms with Crippen LogP contribution in [-0.4, -0.2) is 18.2 Å². The van der Waals surface area contributed by atoms with E-state index in [0.717, 1.165) is 5.56 Å². The number of hydrogen-bond acceptors (Lipinski definition) is 4. The summed E-state index contributed by atoms with van der Waals surface area (Å²) in [5.74, 6) is -1.08. The second-order valence-electron chi connectivity index (χ2n) is 5.08. The van der Waals surface area contributed by atoms with E-state index in [1.807, 2.05) is 13.0 Å². The molecule has 0 bridgehead atoms. The monoisotopic (exact) mass is 298 g/mol. The molecule has 0 amide bonds. The lowest BCUT2D eigenvalue weighted by Crippen LogP contribution is -2.06. The Labute approximate surface area is 125 Å². The van der Waals surface area contributed by atoms with Crippen molar-refractivity contribution in [2.24, 2.45) is 0 Å². The molecule has 5 heteroatoms. The number of rotatable bonds is 3. The molecule has 3 aromatic rings. The topological polar surface area (TPSA) is 76.7 Å². The van der Waals surface area contributed by atoms with E-state index in [4.69, 9.17) is 14.3 Å². The highest BCUT2D eigenvalue weighted by Crippen LogP contribution is 2.24. The summed E-state index contributed by atoms with van der Waals surface area (Å²) in [7, 11) is 1.59. The van der Waals surface area contributed by atoms with Crippen LogP contribution in [0.5, 0.6) is 0 Å². The first kappa shape index (κ1) is 14.3. The van der Waals surface area contributed by atoms with Gasteiger partial charge in [-0.25, -0.2) is 4.79 Å². The van der Waals surface area contributed by atoms with Crippen molar-refractivity contribution in [1.29, 1.82) is 0 Å². The van der Waals surface area contributed by atoms with Crippen LogP contribution in [0.2, 0.25) is 0 Å². The Hall–Kier alpha value is -2.66. The zero-order valence-electron chi connectivity index (χ0n) is 12.1. The van der Waals surface area contributed by atoms with Gasteiger partial charge in [0.15, 0.2) is 0 Å². The first-order chi connectivity index (χ1) is 10.5. The number of carbonyl (C=O) groups is 1. The summed E-state index contributed by atoms with van der Waals surface area (Å²) in [6.45, 7) is 1.88. The van der Waals surface area contributed by atoms with Gasteiger partial charge < -0.3 is 14.3 Å². The van der Waals surface area contributed by atoms with Gasteiger partial charge in [-0.05, 0) is 42.8 Å². The molecule has 0 aliphatic carbocycles. The van der Waals surface area contributed by atoms with Crippen LogP contribution in [0.3, 0.4) is 0 Å². The summed E-state index contributed by atoms with van der Waals surface area (Å²) in [5, 5.41) is 9.72. The average Bonchev–Trinajstić information content (AvgIpc) is 2.53. The fraction of sp³-hybridized carbons (Fsp3) is 0.176. The molecule has 1 N–H and O–H groups in total. The molecule has 22 heavy (non-hydrogen) atoms. The standard InChI is InChI=1S/C17H14O5/c1-9(21-2)10-3-5-14-12(7-10)16(18)13-8-11(17(19)20)4-6-15(13)22-14/h3-9H,1-2H3,(H,19,20)/t9-/m1/s1. The maximum absolute atomic E-state index is 12.6. The van der Waals surface area contributed by atoms with Crippen molar-refractivity contribution in [3.63, 3.8) is 0 Å². The number of methoxy groups -OCH3 is 1. The molecule has 0 saturated carbocycles. The van der Waals surface area contributed by atoms with E-state index in [9.17, 15) is 9.59 Å². The van der Waals surface area contributed by atoms with Crippen molar-refractivity contribution in [3.8, 4) is 0 Å². The third kappa shape index (κ3) is 2.25. The zero-order valence-corrected chi connectivity index (χ0v) is 12.1. The first-order valence-electron chi connectivity index (χ1n) is 6.78. The molecule has 0 aliphatic rings. The predicted molar refractivity (Wildman–Crippen MR) is 82.4 cm³/mol. The number of fused-ring (bicyclic) bond motifs is 2. The van der Waals surface area contributed by atoms with Crippen molar-refractivity contribution in [2.45, 2.75) is 13.0 Å². The second kappa shape index (κ2) is 5.27. The van der Waals surface area contributed by atoms with Crippen molar-refractivity contribution < 1.29 is 19.1 Å². The van der Waals surface area contributed by atoms with Crippen LogP contribution in [0.1, 0.15) is 28.9 Å². The largest absolute Gasteiger partial charge is 0.478 e. The summed E-state index contributed by atoms with van der Waals surface area (Å²) in [6.07, 6.45) is -0.148. The van der Waals surface area contributed by atoms with Crippen LogP contribution in [0, 0.1) is 0 Å². The van der Waals surface area contributed by atoms with Crippen LogP contribution in [0.4, 0.5) is 0 Å². The van der Waals surface area contributed by atoms with Crippen molar-refractivity contribution in [2.75, 3.05) is 7.11 Å². The lowest BCUT2D eigenvalue weighted by molar-refractivity contribution is 0.0697. The van der Waals surface area contributed by atoms with Crippen molar-refractivity contribution in [3.05, 3.63) is 57.7 Å². The number of carboxylic acids is 1. The highest BCUT2D eigenvalue weighted by molar-refractivity contribution is 5.96. The normalized spacial score (nSPS) is 12.6. The molecular weight excluding hydrogens is 284 g/mol. The molecule has 5 nitrogen and oxygen atoms in total. The third-order valence-corrected chi connectivity index (χ3v) is 3.76. The minimum absolute atomic E-state index is 0.0561. The van der Waals surface area contributed by atoms with Gasteiger partial charge in [0, 0.05) is 7.11 Å². The predicted octanol–water partition coefficient (Wildman–Crippen LogP) is 3.35. The molecule has 2 aromatic carbocycles. The van der Waals surface area contributed by atoms with Crippen LogP contribution in [0.15, 0.2) is 45.6 Å². The SMILES string of the molecule is CO[C@H](C)c1ccc2oc3ccc(C(=O)O)cc3c(=O)c2c1. The second-order valence-corrected chi connectivity index (χ2v) is 5.08. The van der Waals surface area contributed by atoms with E-state index in [1.165, 1.54) is 18.2 Å². The molecule has 0 saturated heterocycles. The van der Waals surface area contributed by atoms with Crippen molar-refractivity contribution in [1.82, 2.24) is 0 Å². The number of aromatic carboxylic acids is 1. The number of hydrogen-bond donors (Lipinski definition) is 1. The third-order valence-electron chi connectivity index (χ3n) is 3.76. The Morgan fingerprint density at radius 1 is 1.14 bits per heavy atom.